The molecule has 0 atom stereocenters. The van der Waals surface area contributed by atoms with Crippen molar-refractivity contribution in [1.82, 2.24) is 0 Å². The molecule has 0 aromatic carbocycles. The normalized spacial score (nSPS) is 11.8. The van der Waals surface area contributed by atoms with Crippen LogP contribution in [0.2, 0.25) is 15.8 Å². The van der Waals surface area contributed by atoms with Crippen molar-refractivity contribution in [2.75, 3.05) is 0 Å². The molecule has 1 radical (unpaired) electrons. The Labute approximate surface area is 319 Å². The van der Waals surface area contributed by atoms with Gasteiger partial charge in [-0.25, -0.2) is 0 Å². The third-order valence-electron chi connectivity index (χ3n) is 11.7. The van der Waals surface area contributed by atoms with E-state index >= 15 is 0 Å². The average Bonchev–Trinajstić information content (AvgIpc) is 3.11. The minimum atomic E-state index is -0.808. The van der Waals surface area contributed by atoms with Gasteiger partial charge in [0.25, 0.3) is 0 Å². The van der Waals surface area contributed by atoms with Crippen LogP contribution in [-0.4, -0.2) is 14.3 Å². The van der Waals surface area contributed by atoms with E-state index in [2.05, 4.69) is 20.8 Å². The zero-order chi connectivity index (χ0) is 35.4. The predicted molar refractivity (Wildman–Crippen MR) is 231 cm³/mol. The second-order valence-corrected chi connectivity index (χ2v) is 23.1. The summed E-state index contributed by atoms with van der Waals surface area (Å²) in [5.74, 6) is 0. The smallest absolute Gasteiger partial charge is 0.0654 e. The zero-order valence-corrected chi connectivity index (χ0v) is 37.4. The molecule has 49 heavy (non-hydrogen) atoms. The van der Waals surface area contributed by atoms with E-state index in [9.17, 15) is 0 Å². The van der Waals surface area contributed by atoms with Crippen LogP contribution in [0, 0.1) is 0 Å². The summed E-state index contributed by atoms with van der Waals surface area (Å²) in [5, 5.41) is 5.11. The summed E-state index contributed by atoms with van der Waals surface area (Å²) >= 11 is -0.808. The molecule has 0 spiro atoms. The second kappa shape index (κ2) is 46.6. The van der Waals surface area contributed by atoms with Gasteiger partial charge in [0, 0.05) is 0 Å². The van der Waals surface area contributed by atoms with Gasteiger partial charge in [-0.3, -0.25) is 0 Å². The maximum absolute atomic E-state index is 2.32. The van der Waals surface area contributed by atoms with E-state index in [1.54, 1.807) is 54.3 Å². The van der Waals surface area contributed by atoms with E-state index in [1.165, 1.54) is 231 Å². The third kappa shape index (κ3) is 44.6. The van der Waals surface area contributed by atoms with Gasteiger partial charge in [-0.05, 0) is 0 Å². The fraction of sp³-hybridized carbons (Fsp3) is 1.00. The average molecular weight is 749 g/mol. The summed E-state index contributed by atoms with van der Waals surface area (Å²) in [6, 6.07) is 0. The molecule has 0 aliphatic rings. The minimum Gasteiger partial charge on any atom is -0.0654 e. The Bertz CT molecular complexity index is 467. The van der Waals surface area contributed by atoms with E-state index in [0.29, 0.717) is 0 Å². The number of rotatable bonds is 45. The van der Waals surface area contributed by atoms with Gasteiger partial charge in [0.05, 0.1) is 0 Å². The predicted octanol–water partition coefficient (Wildman–Crippen LogP) is 18.9. The van der Waals surface area contributed by atoms with Gasteiger partial charge in [-0.15, -0.1) is 0 Å². The second-order valence-electron chi connectivity index (χ2n) is 16.8. The van der Waals surface area contributed by atoms with Crippen LogP contribution in [-0.2, 0) is 0 Å². The molecule has 0 aromatic heterocycles. The number of hydrogen-bond donors (Lipinski definition) is 0. The molecule has 1 heteroatoms. The molecule has 0 rings (SSSR count). The van der Waals surface area contributed by atoms with Gasteiger partial charge < -0.3 is 0 Å². The first-order valence-corrected chi connectivity index (χ1v) is 28.6. The minimum absolute atomic E-state index is 0.808. The topological polar surface area (TPSA) is 0 Å². The van der Waals surface area contributed by atoms with Crippen LogP contribution >= 0.6 is 0 Å². The molecule has 0 aliphatic heterocycles. The Balaban J connectivity index is 3.93. The van der Waals surface area contributed by atoms with Crippen molar-refractivity contribution in [1.29, 1.82) is 0 Å². The first kappa shape index (κ1) is 49.5. The SMILES string of the molecule is CCCCCCCCCCCCCCC[CH2][Ge]([CH2]CCCCCCCCCCCCCCC)[CH2]CCCCCCCCCCCCCCC. The van der Waals surface area contributed by atoms with Crippen LogP contribution in [0.3, 0.4) is 0 Å². The molecule has 0 amide bonds. The van der Waals surface area contributed by atoms with Gasteiger partial charge >= 0.3 is 242 Å². The Morgan fingerprint density at radius 1 is 0.163 bits per heavy atom. The van der Waals surface area contributed by atoms with Crippen molar-refractivity contribution >= 4 is 14.3 Å². The van der Waals surface area contributed by atoms with Crippen molar-refractivity contribution in [2.24, 2.45) is 0 Å². The van der Waals surface area contributed by atoms with Crippen molar-refractivity contribution < 1.29 is 0 Å². The molecule has 0 unspecified atom stereocenters. The Kier molecular flexibility index (Phi) is 47.1. The standard InChI is InChI=1S/C48H99Ge/c1-4-7-10-13-16-19-22-25-28-31-34-37-40-43-46-49(47-44-41-38-35-32-29-26-23-20-17-14-11-8-5-2)48-45-42-39-36-33-30-27-24-21-18-15-12-9-6-3/h4-48H2,1-3H3. The summed E-state index contributed by atoms with van der Waals surface area (Å²) in [5.41, 5.74) is 0. The van der Waals surface area contributed by atoms with E-state index in [-0.39, 0.29) is 0 Å². The fourth-order valence-corrected chi connectivity index (χ4v) is 14.4. The van der Waals surface area contributed by atoms with Crippen molar-refractivity contribution in [3.05, 3.63) is 0 Å². The number of hydrogen-bond acceptors (Lipinski definition) is 0. The van der Waals surface area contributed by atoms with Crippen LogP contribution < -0.4 is 0 Å². The monoisotopic (exact) mass is 750 g/mol. The summed E-state index contributed by atoms with van der Waals surface area (Å²) in [6.45, 7) is 6.97. The first-order chi connectivity index (χ1) is 24.3. The maximum atomic E-state index is 2.32. The molecule has 0 bridgehead atoms. The molecule has 0 aromatic rings. The van der Waals surface area contributed by atoms with Crippen LogP contribution in [0.5, 0.6) is 0 Å². The van der Waals surface area contributed by atoms with Crippen LogP contribution in [0.15, 0.2) is 0 Å². The molecular weight excluding hydrogens is 649 g/mol. The summed E-state index contributed by atoms with van der Waals surface area (Å²) in [4.78, 5) is 0. The molecule has 0 nitrogen and oxygen atoms in total. The number of unbranched alkanes of at least 4 members (excludes halogenated alkanes) is 39. The fourth-order valence-electron chi connectivity index (χ4n) is 8.08. The molecule has 0 saturated heterocycles. The van der Waals surface area contributed by atoms with Crippen molar-refractivity contribution in [3.8, 4) is 0 Å². The van der Waals surface area contributed by atoms with Crippen molar-refractivity contribution in [2.45, 2.75) is 306 Å². The molecule has 0 N–H and O–H groups in total. The van der Waals surface area contributed by atoms with Gasteiger partial charge in [0.2, 0.25) is 0 Å². The van der Waals surface area contributed by atoms with Crippen LogP contribution in [0.25, 0.3) is 0 Å². The van der Waals surface area contributed by atoms with E-state index < -0.39 is 14.3 Å². The van der Waals surface area contributed by atoms with E-state index in [1.807, 2.05) is 0 Å². The third-order valence-corrected chi connectivity index (χ3v) is 18.3. The van der Waals surface area contributed by atoms with Gasteiger partial charge in [-0.2, -0.15) is 0 Å². The first-order valence-electron chi connectivity index (χ1n) is 24.2. The van der Waals surface area contributed by atoms with E-state index in [0.717, 1.165) is 0 Å². The van der Waals surface area contributed by atoms with Crippen LogP contribution in [0.4, 0.5) is 0 Å². The Morgan fingerprint density at radius 2 is 0.286 bits per heavy atom. The molecule has 295 valence electrons. The molecule has 0 saturated carbocycles. The molecule has 0 heterocycles. The quantitative estimate of drug-likeness (QED) is 0.0430. The zero-order valence-electron chi connectivity index (χ0n) is 35.3. The van der Waals surface area contributed by atoms with Gasteiger partial charge in [0.1, 0.15) is 0 Å². The Hall–Kier alpha value is 0.543. The van der Waals surface area contributed by atoms with Crippen molar-refractivity contribution in [3.63, 3.8) is 0 Å². The van der Waals surface area contributed by atoms with Gasteiger partial charge in [-0.1, -0.05) is 78.6 Å². The van der Waals surface area contributed by atoms with E-state index in [4.69, 9.17) is 0 Å². The molecular formula is C48H99Ge. The Morgan fingerprint density at radius 3 is 0.429 bits per heavy atom. The summed E-state index contributed by atoms with van der Waals surface area (Å²) in [6.07, 6.45) is 62.9. The van der Waals surface area contributed by atoms with Crippen LogP contribution in [0.1, 0.15) is 290 Å². The summed E-state index contributed by atoms with van der Waals surface area (Å²) < 4.78 is 0. The molecule has 0 fully saturated rings. The summed E-state index contributed by atoms with van der Waals surface area (Å²) in [7, 11) is 0. The van der Waals surface area contributed by atoms with Gasteiger partial charge in [0.15, 0.2) is 0 Å². The molecule has 0 aliphatic carbocycles.